The van der Waals surface area contributed by atoms with Gasteiger partial charge in [0.05, 0.1) is 0 Å². The highest BCUT2D eigenvalue weighted by atomic mass is 35.5. The third-order valence-electron chi connectivity index (χ3n) is 4.64. The van der Waals surface area contributed by atoms with E-state index in [2.05, 4.69) is 4.90 Å². The minimum Gasteiger partial charge on any atom is -0.330 e. The summed E-state index contributed by atoms with van der Waals surface area (Å²) in [7, 11) is 0. The summed E-state index contributed by atoms with van der Waals surface area (Å²) in [6.45, 7) is 1.66. The van der Waals surface area contributed by atoms with Crippen LogP contribution < -0.4 is 5.73 Å². The summed E-state index contributed by atoms with van der Waals surface area (Å²) >= 11 is 6.09. The van der Waals surface area contributed by atoms with Gasteiger partial charge >= 0.3 is 0 Å². The number of benzene rings is 1. The quantitative estimate of drug-likeness (QED) is 0.920. The first-order valence-corrected chi connectivity index (χ1v) is 7.99. The second-order valence-corrected chi connectivity index (χ2v) is 6.51. The molecule has 1 saturated heterocycles. The van der Waals surface area contributed by atoms with Gasteiger partial charge in [0.1, 0.15) is 5.82 Å². The van der Waals surface area contributed by atoms with Gasteiger partial charge in [-0.25, -0.2) is 4.39 Å². The summed E-state index contributed by atoms with van der Waals surface area (Å²) in [4.78, 5) is 2.49. The van der Waals surface area contributed by atoms with Gasteiger partial charge in [-0.15, -0.1) is 0 Å². The van der Waals surface area contributed by atoms with E-state index in [0.717, 1.165) is 18.5 Å². The zero-order chi connectivity index (χ0) is 14.1. The van der Waals surface area contributed by atoms with Crippen molar-refractivity contribution in [2.75, 3.05) is 13.1 Å². The molecule has 2 unspecified atom stereocenters. The molecule has 2 aliphatic rings. The lowest BCUT2D eigenvalue weighted by Crippen LogP contribution is -2.37. The smallest absolute Gasteiger partial charge is 0.128 e. The Morgan fingerprint density at radius 2 is 2.05 bits per heavy atom. The summed E-state index contributed by atoms with van der Waals surface area (Å²) in [6.07, 6.45) is 5.91. The van der Waals surface area contributed by atoms with Gasteiger partial charge in [0.15, 0.2) is 0 Å². The number of halogens is 2. The molecule has 1 aliphatic heterocycles. The summed E-state index contributed by atoms with van der Waals surface area (Å²) in [5.41, 5.74) is 6.73. The average Bonchev–Trinajstić information content (AvgIpc) is 3.26. The molecule has 0 spiro atoms. The minimum absolute atomic E-state index is 0.0914. The Bertz CT molecular complexity index is 476. The van der Waals surface area contributed by atoms with Crippen LogP contribution in [0, 0.1) is 11.7 Å². The Kier molecular flexibility index (Phi) is 4.29. The number of likely N-dealkylation sites (tertiary alicyclic amines) is 1. The molecule has 2 atom stereocenters. The molecule has 0 bridgehead atoms. The lowest BCUT2D eigenvalue weighted by Gasteiger charge is -2.35. The highest BCUT2D eigenvalue weighted by molar-refractivity contribution is 6.30. The Balaban J connectivity index is 2.00. The van der Waals surface area contributed by atoms with Crippen LogP contribution >= 0.6 is 11.6 Å². The van der Waals surface area contributed by atoms with Gasteiger partial charge in [0, 0.05) is 22.7 Å². The normalized spacial score (nSPS) is 28.4. The summed E-state index contributed by atoms with van der Waals surface area (Å²) in [5.74, 6) is 0.177. The van der Waals surface area contributed by atoms with Crippen LogP contribution in [0.1, 0.15) is 43.7 Å². The predicted molar refractivity (Wildman–Crippen MR) is 80.3 cm³/mol. The number of rotatable bonds is 3. The lowest BCUT2D eigenvalue weighted by atomic mass is 9.89. The highest BCUT2D eigenvalue weighted by Gasteiger charge is 2.39. The maximum absolute atomic E-state index is 14.3. The van der Waals surface area contributed by atoms with E-state index in [9.17, 15) is 4.39 Å². The maximum Gasteiger partial charge on any atom is 0.128 e. The van der Waals surface area contributed by atoms with E-state index < -0.39 is 0 Å². The summed E-state index contributed by atoms with van der Waals surface area (Å²) in [5, 5.41) is 0.608. The second-order valence-electron chi connectivity index (χ2n) is 6.07. The first-order valence-electron chi connectivity index (χ1n) is 7.61. The number of nitrogens with two attached hydrogens (primary N) is 1. The standard InChI is InChI=1S/C16H22ClFN2/c17-12-4-7-15(18)14(9-12)16-11(10-19)3-1-2-8-20(16)13-5-6-13/h4,7,9,11,13,16H,1-3,5-6,8,10,19H2. The molecule has 1 aliphatic carbocycles. The van der Waals surface area contributed by atoms with Gasteiger partial charge in [-0.1, -0.05) is 18.0 Å². The van der Waals surface area contributed by atoms with Crippen LogP contribution in [0.3, 0.4) is 0 Å². The van der Waals surface area contributed by atoms with Crippen LogP contribution in [0.2, 0.25) is 5.02 Å². The van der Waals surface area contributed by atoms with Gasteiger partial charge in [0.25, 0.3) is 0 Å². The Morgan fingerprint density at radius 3 is 2.75 bits per heavy atom. The number of nitrogens with zero attached hydrogens (tertiary/aromatic N) is 1. The van der Waals surface area contributed by atoms with Crippen LogP contribution in [0.15, 0.2) is 18.2 Å². The molecular weight excluding hydrogens is 275 g/mol. The minimum atomic E-state index is -0.148. The summed E-state index contributed by atoms with van der Waals surface area (Å²) in [6, 6.07) is 5.61. The molecule has 0 aromatic heterocycles. The van der Waals surface area contributed by atoms with Crippen molar-refractivity contribution in [2.45, 2.75) is 44.2 Å². The molecular formula is C16H22ClFN2. The molecule has 0 amide bonds. The fraction of sp³-hybridized carbons (Fsp3) is 0.625. The molecule has 110 valence electrons. The third kappa shape index (κ3) is 2.85. The third-order valence-corrected chi connectivity index (χ3v) is 4.88. The molecule has 20 heavy (non-hydrogen) atoms. The van der Waals surface area contributed by atoms with E-state index in [1.165, 1.54) is 31.7 Å². The van der Waals surface area contributed by atoms with E-state index in [4.69, 9.17) is 17.3 Å². The lowest BCUT2D eigenvalue weighted by molar-refractivity contribution is 0.145. The van der Waals surface area contributed by atoms with Crippen LogP contribution in [0.4, 0.5) is 4.39 Å². The van der Waals surface area contributed by atoms with Crippen molar-refractivity contribution >= 4 is 11.6 Å². The Hall–Kier alpha value is -0.640. The monoisotopic (exact) mass is 296 g/mol. The molecule has 2 nitrogen and oxygen atoms in total. The molecule has 1 saturated carbocycles. The molecule has 0 radical (unpaired) electrons. The van der Waals surface area contributed by atoms with E-state index >= 15 is 0 Å². The van der Waals surface area contributed by atoms with E-state index in [0.29, 0.717) is 23.5 Å². The molecule has 4 heteroatoms. The SMILES string of the molecule is NCC1CCCCN(C2CC2)C1c1cc(Cl)ccc1F. The fourth-order valence-corrected chi connectivity index (χ4v) is 3.69. The zero-order valence-corrected chi connectivity index (χ0v) is 12.5. The van der Waals surface area contributed by atoms with Crippen molar-refractivity contribution in [1.82, 2.24) is 4.90 Å². The molecule has 2 N–H and O–H groups in total. The second kappa shape index (κ2) is 6.00. The average molecular weight is 297 g/mol. The molecule has 2 fully saturated rings. The van der Waals surface area contributed by atoms with Crippen molar-refractivity contribution in [3.8, 4) is 0 Å². The van der Waals surface area contributed by atoms with E-state index in [1.807, 2.05) is 0 Å². The van der Waals surface area contributed by atoms with Crippen LogP contribution in [-0.2, 0) is 0 Å². The largest absolute Gasteiger partial charge is 0.330 e. The zero-order valence-electron chi connectivity index (χ0n) is 11.7. The van der Waals surface area contributed by atoms with Gasteiger partial charge in [-0.05, 0) is 62.9 Å². The van der Waals surface area contributed by atoms with Crippen LogP contribution in [0.5, 0.6) is 0 Å². The Morgan fingerprint density at radius 1 is 1.25 bits per heavy atom. The highest BCUT2D eigenvalue weighted by Crippen LogP contribution is 2.42. The van der Waals surface area contributed by atoms with Crippen LogP contribution in [-0.4, -0.2) is 24.0 Å². The van der Waals surface area contributed by atoms with Gasteiger partial charge in [0.2, 0.25) is 0 Å². The van der Waals surface area contributed by atoms with Gasteiger partial charge in [-0.2, -0.15) is 0 Å². The topological polar surface area (TPSA) is 29.3 Å². The first kappa shape index (κ1) is 14.3. The molecule has 1 aromatic carbocycles. The van der Waals surface area contributed by atoms with Crippen molar-refractivity contribution in [2.24, 2.45) is 11.7 Å². The fourth-order valence-electron chi connectivity index (χ4n) is 3.51. The number of hydrogen-bond donors (Lipinski definition) is 1. The van der Waals surface area contributed by atoms with Crippen LogP contribution in [0.25, 0.3) is 0 Å². The molecule has 1 aromatic rings. The van der Waals surface area contributed by atoms with Gasteiger partial charge in [-0.3, -0.25) is 4.90 Å². The van der Waals surface area contributed by atoms with Crippen molar-refractivity contribution < 1.29 is 4.39 Å². The van der Waals surface area contributed by atoms with Crippen molar-refractivity contribution in [3.63, 3.8) is 0 Å². The maximum atomic E-state index is 14.3. The Labute approximate surface area is 125 Å². The van der Waals surface area contributed by atoms with E-state index in [-0.39, 0.29) is 11.9 Å². The predicted octanol–water partition coefficient (Wildman–Crippen LogP) is 3.74. The summed E-state index contributed by atoms with van der Waals surface area (Å²) < 4.78 is 14.3. The number of hydrogen-bond acceptors (Lipinski definition) is 2. The van der Waals surface area contributed by atoms with Gasteiger partial charge < -0.3 is 5.73 Å². The first-order chi connectivity index (χ1) is 9.70. The molecule has 1 heterocycles. The van der Waals surface area contributed by atoms with Crippen molar-refractivity contribution in [1.29, 1.82) is 0 Å². The van der Waals surface area contributed by atoms with E-state index in [1.54, 1.807) is 12.1 Å². The molecule has 3 rings (SSSR count). The van der Waals surface area contributed by atoms with Crippen molar-refractivity contribution in [3.05, 3.63) is 34.6 Å².